The number of alkyl halides is 2. The highest BCUT2D eigenvalue weighted by Crippen LogP contribution is 2.24. The molecule has 0 atom stereocenters. The molecular weight excluding hydrogens is 292 g/mol. The number of rotatable bonds is 8. The highest BCUT2D eigenvalue weighted by atomic mass is 35.5. The summed E-state index contributed by atoms with van der Waals surface area (Å²) in [7, 11) is 1.33. The predicted molar refractivity (Wildman–Crippen MR) is 71.0 cm³/mol. The van der Waals surface area contributed by atoms with E-state index in [1.54, 1.807) is 6.07 Å². The monoisotopic (exact) mass is 307 g/mol. The van der Waals surface area contributed by atoms with Crippen molar-refractivity contribution in [3.63, 3.8) is 0 Å². The Hall–Kier alpha value is -1.40. The van der Waals surface area contributed by atoms with Gasteiger partial charge in [0.25, 0.3) is 0 Å². The molecule has 0 saturated heterocycles. The van der Waals surface area contributed by atoms with Crippen molar-refractivity contribution in [1.29, 1.82) is 0 Å². The van der Waals surface area contributed by atoms with Crippen LogP contribution in [0.2, 0.25) is 5.02 Å². The normalized spacial score (nSPS) is 10.7. The van der Waals surface area contributed by atoms with Gasteiger partial charge in [0.15, 0.2) is 0 Å². The fraction of sp³-hybridized carbons (Fsp3) is 0.462. The van der Waals surface area contributed by atoms with E-state index < -0.39 is 6.61 Å². The van der Waals surface area contributed by atoms with E-state index in [0.29, 0.717) is 36.5 Å². The van der Waals surface area contributed by atoms with Gasteiger partial charge in [-0.05, 0) is 31.2 Å². The second kappa shape index (κ2) is 8.71. The van der Waals surface area contributed by atoms with Crippen molar-refractivity contribution in [1.82, 2.24) is 5.32 Å². The van der Waals surface area contributed by atoms with Crippen molar-refractivity contribution < 1.29 is 23.0 Å². The molecule has 1 aromatic carbocycles. The topological polar surface area (TPSA) is 47.6 Å². The molecule has 0 amide bonds. The molecule has 0 unspecified atom stereocenters. The molecular formula is C13H16ClF2NO3. The highest BCUT2D eigenvalue weighted by molar-refractivity contribution is 6.30. The predicted octanol–water partition coefficient (Wildman–Crippen LogP) is 2.98. The molecule has 0 aliphatic heterocycles. The van der Waals surface area contributed by atoms with Crippen LogP contribution in [-0.4, -0.2) is 26.2 Å². The van der Waals surface area contributed by atoms with Crippen molar-refractivity contribution >= 4 is 17.6 Å². The lowest BCUT2D eigenvalue weighted by molar-refractivity contribution is -0.140. The molecule has 0 spiro atoms. The number of benzene rings is 1. The molecule has 1 N–H and O–H groups in total. The first-order valence-corrected chi connectivity index (χ1v) is 6.41. The highest BCUT2D eigenvalue weighted by Gasteiger charge is 2.10. The summed E-state index contributed by atoms with van der Waals surface area (Å²) >= 11 is 5.82. The quantitative estimate of drug-likeness (QED) is 0.592. The number of carbonyl (C=O) groups is 1. The largest absolute Gasteiger partial charge is 0.469 e. The average molecular weight is 308 g/mol. The van der Waals surface area contributed by atoms with Crippen molar-refractivity contribution in [2.24, 2.45) is 0 Å². The van der Waals surface area contributed by atoms with Crippen LogP contribution in [0.25, 0.3) is 0 Å². The molecule has 0 aromatic heterocycles. The van der Waals surface area contributed by atoms with Crippen LogP contribution in [0, 0.1) is 0 Å². The summed E-state index contributed by atoms with van der Waals surface area (Å²) in [6, 6.07) is 4.45. The molecule has 0 saturated carbocycles. The standard InChI is InChI=1S/C13H16ClF2NO3/c1-19-12(18)3-2-6-17-8-9-7-10(14)4-5-11(9)20-13(15)16/h4-5,7,13,17H,2-3,6,8H2,1H3. The number of methoxy groups -OCH3 is 1. The zero-order valence-electron chi connectivity index (χ0n) is 11.0. The van der Waals surface area contributed by atoms with Crippen molar-refractivity contribution in [2.75, 3.05) is 13.7 Å². The molecule has 0 aliphatic rings. The second-order valence-electron chi connectivity index (χ2n) is 3.99. The molecule has 112 valence electrons. The van der Waals surface area contributed by atoms with Gasteiger partial charge in [0.2, 0.25) is 0 Å². The van der Waals surface area contributed by atoms with Crippen LogP contribution >= 0.6 is 11.6 Å². The lowest BCUT2D eigenvalue weighted by atomic mass is 10.2. The summed E-state index contributed by atoms with van der Waals surface area (Å²) < 4.78 is 33.4. The van der Waals surface area contributed by atoms with Crippen LogP contribution in [0.1, 0.15) is 18.4 Å². The maximum Gasteiger partial charge on any atom is 0.387 e. The number of hydrogen-bond donors (Lipinski definition) is 1. The van der Waals surface area contributed by atoms with E-state index in [1.165, 1.54) is 19.2 Å². The summed E-state index contributed by atoms with van der Waals surface area (Å²) in [5.74, 6) is -0.193. The Balaban J connectivity index is 2.45. The minimum atomic E-state index is -2.88. The van der Waals surface area contributed by atoms with E-state index in [-0.39, 0.29) is 11.7 Å². The van der Waals surface area contributed by atoms with Crippen LogP contribution < -0.4 is 10.1 Å². The molecule has 0 radical (unpaired) electrons. The number of hydrogen-bond acceptors (Lipinski definition) is 4. The van der Waals surface area contributed by atoms with Gasteiger partial charge < -0.3 is 14.8 Å². The van der Waals surface area contributed by atoms with Gasteiger partial charge in [-0.1, -0.05) is 11.6 Å². The summed E-state index contributed by atoms with van der Waals surface area (Å²) in [5.41, 5.74) is 0.538. The van der Waals surface area contributed by atoms with Gasteiger partial charge in [-0.25, -0.2) is 0 Å². The Morgan fingerprint density at radius 2 is 2.20 bits per heavy atom. The molecule has 0 aliphatic carbocycles. The molecule has 0 heterocycles. The van der Waals surface area contributed by atoms with E-state index in [0.717, 1.165) is 0 Å². The van der Waals surface area contributed by atoms with E-state index in [9.17, 15) is 13.6 Å². The van der Waals surface area contributed by atoms with Crippen LogP contribution in [0.3, 0.4) is 0 Å². The lowest BCUT2D eigenvalue weighted by Crippen LogP contribution is -2.17. The molecule has 20 heavy (non-hydrogen) atoms. The van der Waals surface area contributed by atoms with E-state index in [2.05, 4.69) is 14.8 Å². The third-order valence-electron chi connectivity index (χ3n) is 2.52. The van der Waals surface area contributed by atoms with Crippen LogP contribution in [-0.2, 0) is 16.1 Å². The molecule has 0 fully saturated rings. The van der Waals surface area contributed by atoms with Gasteiger partial charge in [-0.15, -0.1) is 0 Å². The number of ether oxygens (including phenoxy) is 2. The van der Waals surface area contributed by atoms with Crippen LogP contribution in [0.15, 0.2) is 18.2 Å². The number of nitrogens with one attached hydrogen (secondary N) is 1. The summed E-state index contributed by atoms with van der Waals surface area (Å²) in [6.07, 6.45) is 0.901. The van der Waals surface area contributed by atoms with Gasteiger partial charge in [0, 0.05) is 23.6 Å². The second-order valence-corrected chi connectivity index (χ2v) is 4.42. The first-order valence-electron chi connectivity index (χ1n) is 6.03. The molecule has 1 rings (SSSR count). The van der Waals surface area contributed by atoms with Crippen LogP contribution in [0.5, 0.6) is 5.75 Å². The van der Waals surface area contributed by atoms with E-state index in [1.807, 2.05) is 0 Å². The average Bonchev–Trinajstić information content (AvgIpc) is 2.40. The maximum absolute atomic E-state index is 12.2. The molecule has 4 nitrogen and oxygen atoms in total. The molecule has 7 heteroatoms. The number of carbonyl (C=O) groups excluding carboxylic acids is 1. The van der Waals surface area contributed by atoms with Gasteiger partial charge in [0.1, 0.15) is 5.75 Å². The van der Waals surface area contributed by atoms with Gasteiger partial charge >= 0.3 is 12.6 Å². The van der Waals surface area contributed by atoms with Crippen molar-refractivity contribution in [3.05, 3.63) is 28.8 Å². The summed E-state index contributed by atoms with van der Waals surface area (Å²) in [6.45, 7) is -2.01. The zero-order valence-corrected chi connectivity index (χ0v) is 11.8. The Kier molecular flexibility index (Phi) is 7.25. The molecule has 1 aromatic rings. The van der Waals surface area contributed by atoms with Gasteiger partial charge in [-0.2, -0.15) is 8.78 Å². The van der Waals surface area contributed by atoms with E-state index >= 15 is 0 Å². The van der Waals surface area contributed by atoms with Crippen LogP contribution in [0.4, 0.5) is 8.78 Å². The smallest absolute Gasteiger partial charge is 0.387 e. The Morgan fingerprint density at radius 3 is 2.85 bits per heavy atom. The fourth-order valence-corrected chi connectivity index (χ4v) is 1.77. The zero-order chi connectivity index (χ0) is 15.0. The van der Waals surface area contributed by atoms with Gasteiger partial charge in [-0.3, -0.25) is 4.79 Å². The first kappa shape index (κ1) is 16.7. The SMILES string of the molecule is COC(=O)CCCNCc1cc(Cl)ccc1OC(F)F. The third kappa shape index (κ3) is 6.16. The Morgan fingerprint density at radius 1 is 1.45 bits per heavy atom. The Bertz CT molecular complexity index is 444. The lowest BCUT2D eigenvalue weighted by Gasteiger charge is -2.12. The fourth-order valence-electron chi connectivity index (χ4n) is 1.58. The first-order chi connectivity index (χ1) is 9.52. The third-order valence-corrected chi connectivity index (χ3v) is 2.75. The summed E-state index contributed by atoms with van der Waals surface area (Å²) in [5, 5.41) is 3.47. The summed E-state index contributed by atoms with van der Waals surface area (Å²) in [4.78, 5) is 10.9. The maximum atomic E-state index is 12.2. The van der Waals surface area contributed by atoms with Crippen molar-refractivity contribution in [3.8, 4) is 5.75 Å². The van der Waals surface area contributed by atoms with Gasteiger partial charge in [0.05, 0.1) is 7.11 Å². The number of halogens is 3. The number of esters is 1. The van der Waals surface area contributed by atoms with E-state index in [4.69, 9.17) is 11.6 Å². The Labute approximate surface area is 121 Å². The van der Waals surface area contributed by atoms with Crippen molar-refractivity contribution in [2.45, 2.75) is 26.0 Å². The minimum absolute atomic E-state index is 0.0878. The molecule has 0 bridgehead atoms. The minimum Gasteiger partial charge on any atom is -0.469 e.